The van der Waals surface area contributed by atoms with E-state index in [4.69, 9.17) is 4.74 Å². The fourth-order valence-corrected chi connectivity index (χ4v) is 5.55. The van der Waals surface area contributed by atoms with Crippen LogP contribution >= 0.6 is 22.7 Å². The van der Waals surface area contributed by atoms with Crippen LogP contribution in [-0.4, -0.2) is 28.4 Å². The highest BCUT2D eigenvalue weighted by molar-refractivity contribution is 7.22. The van der Waals surface area contributed by atoms with Gasteiger partial charge in [-0.25, -0.2) is 9.97 Å². The number of benzene rings is 3. The summed E-state index contributed by atoms with van der Waals surface area (Å²) in [6.45, 7) is 0.474. The zero-order valence-electron chi connectivity index (χ0n) is 21.4. The van der Waals surface area contributed by atoms with Crippen molar-refractivity contribution in [1.29, 1.82) is 0 Å². The SMILES string of the molecule is O=C(Nc1ccc2nc(NC(=O)C(CCOCc3ccccc3)c3cccc(C(F)(F)F)c3)sc2c1)c1cscn1. The normalized spacial score (nSPS) is 12.3. The Morgan fingerprint density at radius 1 is 0.976 bits per heavy atom. The monoisotopic (exact) mass is 596 g/mol. The van der Waals surface area contributed by atoms with E-state index in [1.165, 1.54) is 34.8 Å². The summed E-state index contributed by atoms with van der Waals surface area (Å²) < 4.78 is 46.7. The van der Waals surface area contributed by atoms with Gasteiger partial charge in [0.1, 0.15) is 5.69 Å². The van der Waals surface area contributed by atoms with Gasteiger partial charge in [0.25, 0.3) is 5.91 Å². The Balaban J connectivity index is 1.31. The van der Waals surface area contributed by atoms with Crippen LogP contribution in [0, 0.1) is 0 Å². The summed E-state index contributed by atoms with van der Waals surface area (Å²) >= 11 is 2.50. The largest absolute Gasteiger partial charge is 0.416 e. The molecule has 0 fully saturated rings. The molecule has 12 heteroatoms. The van der Waals surface area contributed by atoms with Crippen LogP contribution in [-0.2, 0) is 22.3 Å². The van der Waals surface area contributed by atoms with Crippen molar-refractivity contribution in [3.05, 3.63) is 106 Å². The molecule has 5 aromatic rings. The fourth-order valence-electron chi connectivity index (χ4n) is 4.11. The molecule has 2 heterocycles. The van der Waals surface area contributed by atoms with Crippen LogP contribution in [0.25, 0.3) is 10.2 Å². The second-order valence-corrected chi connectivity index (χ2v) is 10.8. The Labute approximate surface area is 241 Å². The summed E-state index contributed by atoms with van der Waals surface area (Å²) in [4.78, 5) is 34.2. The molecule has 0 radical (unpaired) electrons. The highest BCUT2D eigenvalue weighted by Gasteiger charge is 2.32. The zero-order valence-corrected chi connectivity index (χ0v) is 23.0. The lowest BCUT2D eigenvalue weighted by atomic mass is 9.93. The zero-order chi connectivity index (χ0) is 28.8. The maximum Gasteiger partial charge on any atom is 0.416 e. The second-order valence-electron chi connectivity index (χ2n) is 9.02. The van der Waals surface area contributed by atoms with E-state index in [1.54, 1.807) is 29.1 Å². The third kappa shape index (κ3) is 7.34. The Bertz CT molecular complexity index is 1640. The third-order valence-electron chi connectivity index (χ3n) is 6.14. The number of alkyl halides is 3. The lowest BCUT2D eigenvalue weighted by molar-refractivity contribution is -0.137. The minimum atomic E-state index is -4.54. The molecule has 2 aromatic heterocycles. The number of halogens is 3. The van der Waals surface area contributed by atoms with Crippen molar-refractivity contribution >= 4 is 55.5 Å². The first kappa shape index (κ1) is 28.4. The van der Waals surface area contributed by atoms with Gasteiger partial charge in [-0.15, -0.1) is 11.3 Å². The molecule has 41 heavy (non-hydrogen) atoms. The van der Waals surface area contributed by atoms with Gasteiger partial charge in [-0.2, -0.15) is 13.2 Å². The highest BCUT2D eigenvalue weighted by atomic mass is 32.1. The first-order chi connectivity index (χ1) is 19.8. The topological polar surface area (TPSA) is 93.2 Å². The molecule has 7 nitrogen and oxygen atoms in total. The molecule has 0 aliphatic carbocycles. The number of hydrogen-bond donors (Lipinski definition) is 2. The molecule has 0 bridgehead atoms. The molecule has 2 amide bonds. The third-order valence-corrected chi connectivity index (χ3v) is 7.66. The lowest BCUT2D eigenvalue weighted by Gasteiger charge is -2.18. The average Bonchev–Trinajstić information content (AvgIpc) is 3.63. The molecule has 2 N–H and O–H groups in total. The number of fused-ring (bicyclic) bond motifs is 1. The molecule has 5 rings (SSSR count). The molecule has 210 valence electrons. The van der Waals surface area contributed by atoms with Gasteiger partial charge in [-0.05, 0) is 41.8 Å². The van der Waals surface area contributed by atoms with Crippen LogP contribution in [0.1, 0.15) is 39.5 Å². The van der Waals surface area contributed by atoms with Gasteiger partial charge in [0.05, 0.1) is 33.8 Å². The number of ether oxygens (including phenoxy) is 1. The molecule has 0 saturated heterocycles. The number of anilines is 2. The van der Waals surface area contributed by atoms with Gasteiger partial charge in [-0.1, -0.05) is 59.9 Å². The van der Waals surface area contributed by atoms with Crippen LogP contribution in [0.4, 0.5) is 24.0 Å². The molecular weight excluding hydrogens is 573 g/mol. The minimum absolute atomic E-state index is 0.158. The number of hydrogen-bond acceptors (Lipinski definition) is 7. The standard InChI is InChI=1S/C29H23F3N4O3S2/c30-29(31,32)20-8-4-7-19(13-20)22(11-12-39-15-18-5-2-1-3-6-18)26(37)36-28-35-23-10-9-21(14-25(23)41-28)34-27(38)24-16-40-17-33-24/h1-10,13-14,16-17,22H,11-12,15H2,(H,34,38)(H,35,36,37). The van der Waals surface area contributed by atoms with E-state index in [0.717, 1.165) is 17.7 Å². The van der Waals surface area contributed by atoms with E-state index < -0.39 is 23.6 Å². The average molecular weight is 597 g/mol. The van der Waals surface area contributed by atoms with Crippen molar-refractivity contribution in [2.24, 2.45) is 0 Å². The van der Waals surface area contributed by atoms with Gasteiger partial charge in [0.15, 0.2) is 5.13 Å². The predicted molar refractivity (Wildman–Crippen MR) is 153 cm³/mol. The highest BCUT2D eigenvalue weighted by Crippen LogP contribution is 2.33. The maximum absolute atomic E-state index is 13.4. The molecule has 0 spiro atoms. The molecule has 0 aliphatic rings. The summed E-state index contributed by atoms with van der Waals surface area (Å²) in [5.41, 5.74) is 3.36. The summed E-state index contributed by atoms with van der Waals surface area (Å²) in [6.07, 6.45) is -4.38. The molecule has 0 aliphatic heterocycles. The molecule has 1 unspecified atom stereocenters. The molecule has 3 aromatic carbocycles. The number of amides is 2. The lowest BCUT2D eigenvalue weighted by Crippen LogP contribution is -2.23. The van der Waals surface area contributed by atoms with Crippen LogP contribution in [0.2, 0.25) is 0 Å². The Hall–Kier alpha value is -4.13. The maximum atomic E-state index is 13.4. The Kier molecular flexibility index (Phi) is 8.72. The van der Waals surface area contributed by atoms with Crippen molar-refractivity contribution in [1.82, 2.24) is 9.97 Å². The van der Waals surface area contributed by atoms with Gasteiger partial charge in [0, 0.05) is 17.7 Å². The van der Waals surface area contributed by atoms with E-state index in [1.807, 2.05) is 30.3 Å². The Morgan fingerprint density at radius 2 is 1.80 bits per heavy atom. The number of carbonyl (C=O) groups is 2. The van der Waals surface area contributed by atoms with E-state index in [2.05, 4.69) is 20.6 Å². The fraction of sp³-hybridized carbons (Fsp3) is 0.172. The van der Waals surface area contributed by atoms with Gasteiger partial charge in [0.2, 0.25) is 5.91 Å². The van der Waals surface area contributed by atoms with E-state index >= 15 is 0 Å². The number of carbonyl (C=O) groups excluding carboxylic acids is 2. The number of rotatable bonds is 10. The number of nitrogens with one attached hydrogen (secondary N) is 2. The van der Waals surface area contributed by atoms with Crippen molar-refractivity contribution < 1.29 is 27.5 Å². The van der Waals surface area contributed by atoms with Crippen LogP contribution in [0.3, 0.4) is 0 Å². The van der Waals surface area contributed by atoms with E-state index in [0.29, 0.717) is 28.2 Å². The van der Waals surface area contributed by atoms with Crippen molar-refractivity contribution in [2.45, 2.75) is 25.1 Å². The summed E-state index contributed by atoms with van der Waals surface area (Å²) in [7, 11) is 0. The summed E-state index contributed by atoms with van der Waals surface area (Å²) in [5.74, 6) is -1.75. The van der Waals surface area contributed by atoms with E-state index in [-0.39, 0.29) is 29.6 Å². The van der Waals surface area contributed by atoms with Crippen molar-refractivity contribution in [3.63, 3.8) is 0 Å². The first-order valence-electron chi connectivity index (χ1n) is 12.5. The quantitative estimate of drug-likeness (QED) is 0.165. The molecule has 1 atom stereocenters. The van der Waals surface area contributed by atoms with E-state index in [9.17, 15) is 22.8 Å². The number of aromatic nitrogens is 2. The van der Waals surface area contributed by atoms with Crippen LogP contribution < -0.4 is 10.6 Å². The molecule has 0 saturated carbocycles. The predicted octanol–water partition coefficient (Wildman–Crippen LogP) is 7.35. The van der Waals surface area contributed by atoms with Gasteiger partial charge < -0.3 is 15.4 Å². The van der Waals surface area contributed by atoms with Crippen LogP contribution in [0.15, 0.2) is 83.7 Å². The Morgan fingerprint density at radius 3 is 2.56 bits per heavy atom. The number of thiazole rings is 2. The van der Waals surface area contributed by atoms with Gasteiger partial charge in [-0.3, -0.25) is 9.59 Å². The van der Waals surface area contributed by atoms with Crippen molar-refractivity contribution in [2.75, 3.05) is 17.2 Å². The number of nitrogens with zero attached hydrogens (tertiary/aromatic N) is 2. The second kappa shape index (κ2) is 12.6. The molecular formula is C29H23F3N4O3S2. The van der Waals surface area contributed by atoms with Crippen molar-refractivity contribution in [3.8, 4) is 0 Å². The minimum Gasteiger partial charge on any atom is -0.377 e. The smallest absolute Gasteiger partial charge is 0.377 e. The summed E-state index contributed by atoms with van der Waals surface area (Å²) in [6, 6.07) is 19.4. The summed E-state index contributed by atoms with van der Waals surface area (Å²) in [5, 5.41) is 7.47. The first-order valence-corrected chi connectivity index (χ1v) is 14.2. The van der Waals surface area contributed by atoms with Crippen LogP contribution in [0.5, 0.6) is 0 Å². The van der Waals surface area contributed by atoms with Gasteiger partial charge >= 0.3 is 6.18 Å².